The van der Waals surface area contributed by atoms with Crippen LogP contribution in [0.4, 0.5) is 5.69 Å². The van der Waals surface area contributed by atoms with Crippen molar-refractivity contribution in [3.8, 4) is 0 Å². The highest BCUT2D eigenvalue weighted by molar-refractivity contribution is 6.09. The van der Waals surface area contributed by atoms with Crippen molar-refractivity contribution in [3.63, 3.8) is 0 Å². The molecule has 0 aliphatic heterocycles. The van der Waals surface area contributed by atoms with Crippen LogP contribution < -0.4 is 11.9 Å². The number of anilines is 1. The van der Waals surface area contributed by atoms with E-state index in [4.69, 9.17) is 5.73 Å². The van der Waals surface area contributed by atoms with Crippen LogP contribution in [0, 0.1) is 0 Å². The number of hydrogen-bond donors (Lipinski definition) is 2. The van der Waals surface area contributed by atoms with Gasteiger partial charge < -0.3 is 17.4 Å². The van der Waals surface area contributed by atoms with Crippen LogP contribution in [0.3, 0.4) is 0 Å². The molecule has 0 amide bonds. The monoisotopic (exact) mass is 232 g/mol. The topological polar surface area (TPSA) is 110 Å². The number of nitrogen functional groups attached to an aromatic ring is 1. The standard InChI is InChI=1S/C13H11NO.H3N.H2O/c14-12-8-6-11(7-9-12)13(15)10-4-2-1-3-5-10;;/h1-9H,14H2;1H3;1H2. The molecule has 4 nitrogen and oxygen atoms in total. The Morgan fingerprint density at radius 2 is 1.29 bits per heavy atom. The van der Waals surface area contributed by atoms with E-state index in [0.717, 1.165) is 0 Å². The lowest BCUT2D eigenvalue weighted by atomic mass is 10.0. The maximum atomic E-state index is 11.9. The summed E-state index contributed by atoms with van der Waals surface area (Å²) in [5.74, 6) is 0.0237. The molecule has 0 aromatic heterocycles. The molecule has 2 aromatic carbocycles. The van der Waals surface area contributed by atoms with Gasteiger partial charge in [-0.25, -0.2) is 0 Å². The lowest BCUT2D eigenvalue weighted by Gasteiger charge is -2.00. The minimum atomic E-state index is 0. The van der Waals surface area contributed by atoms with Crippen LogP contribution in [-0.2, 0) is 0 Å². The van der Waals surface area contributed by atoms with Gasteiger partial charge in [0.15, 0.2) is 5.78 Å². The number of hydrogen-bond acceptors (Lipinski definition) is 3. The molecule has 0 saturated heterocycles. The Bertz CT molecular complexity index is 467. The fraction of sp³-hybridized carbons (Fsp3) is 0. The molecule has 0 aliphatic rings. The fourth-order valence-corrected chi connectivity index (χ4v) is 1.39. The summed E-state index contributed by atoms with van der Waals surface area (Å²) in [5, 5.41) is 0. The summed E-state index contributed by atoms with van der Waals surface area (Å²) >= 11 is 0. The van der Waals surface area contributed by atoms with Gasteiger partial charge in [-0.1, -0.05) is 30.3 Å². The van der Waals surface area contributed by atoms with Crippen molar-refractivity contribution in [2.45, 2.75) is 0 Å². The second kappa shape index (κ2) is 6.42. The first-order valence-corrected chi connectivity index (χ1v) is 4.72. The molecule has 0 atom stereocenters. The largest absolute Gasteiger partial charge is 0.412 e. The summed E-state index contributed by atoms with van der Waals surface area (Å²) in [6.45, 7) is 0. The Kier molecular flexibility index (Phi) is 5.60. The number of carbonyl (C=O) groups is 1. The van der Waals surface area contributed by atoms with E-state index in [0.29, 0.717) is 16.8 Å². The van der Waals surface area contributed by atoms with Gasteiger partial charge in [0.05, 0.1) is 0 Å². The number of carbonyl (C=O) groups excluding carboxylic acids is 1. The van der Waals surface area contributed by atoms with Crippen LogP contribution in [0.15, 0.2) is 54.6 Å². The molecule has 0 aliphatic carbocycles. The van der Waals surface area contributed by atoms with Crippen molar-refractivity contribution in [2.75, 3.05) is 5.73 Å². The molecule has 90 valence electrons. The van der Waals surface area contributed by atoms with Crippen LogP contribution >= 0.6 is 0 Å². The molecular formula is C13H16N2O2. The van der Waals surface area contributed by atoms with E-state index < -0.39 is 0 Å². The summed E-state index contributed by atoms with van der Waals surface area (Å²) in [5.41, 5.74) is 7.58. The Morgan fingerprint density at radius 1 is 0.824 bits per heavy atom. The van der Waals surface area contributed by atoms with Gasteiger partial charge in [0.2, 0.25) is 0 Å². The van der Waals surface area contributed by atoms with Crippen molar-refractivity contribution in [1.82, 2.24) is 6.15 Å². The third kappa shape index (κ3) is 3.41. The molecule has 0 spiro atoms. The molecule has 0 bridgehead atoms. The van der Waals surface area contributed by atoms with E-state index in [9.17, 15) is 4.79 Å². The van der Waals surface area contributed by atoms with Crippen molar-refractivity contribution >= 4 is 11.5 Å². The van der Waals surface area contributed by atoms with Crippen LogP contribution in [0.2, 0.25) is 0 Å². The predicted molar refractivity (Wildman–Crippen MR) is 69.4 cm³/mol. The smallest absolute Gasteiger partial charge is 0.193 e. The molecule has 0 unspecified atom stereocenters. The fourth-order valence-electron chi connectivity index (χ4n) is 1.39. The molecule has 7 N–H and O–H groups in total. The van der Waals surface area contributed by atoms with Gasteiger partial charge in [0.1, 0.15) is 0 Å². The molecule has 17 heavy (non-hydrogen) atoms. The lowest BCUT2D eigenvalue weighted by molar-refractivity contribution is 0.103. The minimum Gasteiger partial charge on any atom is -0.412 e. The van der Waals surface area contributed by atoms with E-state index in [-0.39, 0.29) is 17.4 Å². The molecule has 0 radical (unpaired) electrons. The summed E-state index contributed by atoms with van der Waals surface area (Å²) in [7, 11) is 0. The first kappa shape index (κ1) is 14.8. The molecular weight excluding hydrogens is 216 g/mol. The van der Waals surface area contributed by atoms with Gasteiger partial charge in [0.25, 0.3) is 0 Å². The number of ketones is 1. The Hall–Kier alpha value is -2.17. The highest BCUT2D eigenvalue weighted by atomic mass is 16.1. The Balaban J connectivity index is 0.00000128. The summed E-state index contributed by atoms with van der Waals surface area (Å²) < 4.78 is 0. The first-order valence-electron chi connectivity index (χ1n) is 4.72. The third-order valence-corrected chi connectivity index (χ3v) is 2.21. The summed E-state index contributed by atoms with van der Waals surface area (Å²) in [4.78, 5) is 11.9. The van der Waals surface area contributed by atoms with Crippen LogP contribution in [-0.4, -0.2) is 11.3 Å². The van der Waals surface area contributed by atoms with E-state index in [1.165, 1.54) is 0 Å². The summed E-state index contributed by atoms with van der Waals surface area (Å²) in [6.07, 6.45) is 0. The summed E-state index contributed by atoms with van der Waals surface area (Å²) in [6, 6.07) is 16.1. The van der Waals surface area contributed by atoms with Gasteiger partial charge in [0, 0.05) is 16.8 Å². The Morgan fingerprint density at radius 3 is 1.82 bits per heavy atom. The highest BCUT2D eigenvalue weighted by Crippen LogP contribution is 2.11. The highest BCUT2D eigenvalue weighted by Gasteiger charge is 2.06. The zero-order valence-electron chi connectivity index (χ0n) is 9.39. The second-order valence-electron chi connectivity index (χ2n) is 3.32. The predicted octanol–water partition coefficient (Wildman–Crippen LogP) is 1.84. The lowest BCUT2D eigenvalue weighted by Crippen LogP contribution is -2.00. The van der Waals surface area contributed by atoms with Gasteiger partial charge in [-0.05, 0) is 24.3 Å². The number of benzene rings is 2. The zero-order chi connectivity index (χ0) is 10.7. The second-order valence-corrected chi connectivity index (χ2v) is 3.32. The van der Waals surface area contributed by atoms with Crippen molar-refractivity contribution in [1.29, 1.82) is 0 Å². The average molecular weight is 232 g/mol. The van der Waals surface area contributed by atoms with Gasteiger partial charge in [-0.2, -0.15) is 0 Å². The Labute approximate surface area is 100.0 Å². The van der Waals surface area contributed by atoms with Gasteiger partial charge in [-0.3, -0.25) is 4.79 Å². The van der Waals surface area contributed by atoms with Crippen molar-refractivity contribution in [3.05, 3.63) is 65.7 Å². The molecule has 0 fully saturated rings. The molecule has 2 rings (SSSR count). The van der Waals surface area contributed by atoms with Gasteiger partial charge >= 0.3 is 0 Å². The van der Waals surface area contributed by atoms with Crippen LogP contribution in [0.5, 0.6) is 0 Å². The first-order chi connectivity index (χ1) is 7.27. The van der Waals surface area contributed by atoms with E-state index in [1.54, 1.807) is 36.4 Å². The quantitative estimate of drug-likeness (QED) is 0.608. The molecule has 0 heterocycles. The number of rotatable bonds is 2. The van der Waals surface area contributed by atoms with Crippen molar-refractivity contribution in [2.24, 2.45) is 0 Å². The minimum absolute atomic E-state index is 0. The van der Waals surface area contributed by atoms with E-state index >= 15 is 0 Å². The maximum absolute atomic E-state index is 11.9. The third-order valence-electron chi connectivity index (χ3n) is 2.21. The zero-order valence-corrected chi connectivity index (χ0v) is 9.39. The number of nitrogens with two attached hydrogens (primary N) is 1. The average Bonchev–Trinajstić information content (AvgIpc) is 2.30. The van der Waals surface area contributed by atoms with E-state index in [1.807, 2.05) is 18.2 Å². The van der Waals surface area contributed by atoms with Crippen LogP contribution in [0.1, 0.15) is 15.9 Å². The molecule has 0 saturated carbocycles. The van der Waals surface area contributed by atoms with Crippen LogP contribution in [0.25, 0.3) is 0 Å². The van der Waals surface area contributed by atoms with Gasteiger partial charge in [-0.15, -0.1) is 0 Å². The molecule has 4 heteroatoms. The normalized spacial score (nSPS) is 8.71. The van der Waals surface area contributed by atoms with Crippen molar-refractivity contribution < 1.29 is 10.3 Å². The molecule has 2 aromatic rings. The van der Waals surface area contributed by atoms with E-state index in [2.05, 4.69) is 0 Å². The maximum Gasteiger partial charge on any atom is 0.193 e. The SMILES string of the molecule is N.Nc1ccc(C(=O)c2ccccc2)cc1.O.